The number of imidazole rings is 1. The van der Waals surface area contributed by atoms with Crippen LogP contribution in [0, 0.1) is 5.41 Å². The highest BCUT2D eigenvalue weighted by molar-refractivity contribution is 5.94. The van der Waals surface area contributed by atoms with E-state index in [1.165, 1.54) is 0 Å². The van der Waals surface area contributed by atoms with Crippen LogP contribution >= 0.6 is 0 Å². The zero-order valence-corrected chi connectivity index (χ0v) is 15.0. The second-order valence-corrected chi connectivity index (χ2v) is 7.54. The molecule has 3 aliphatic heterocycles. The lowest BCUT2D eigenvalue weighted by Gasteiger charge is -2.23. The van der Waals surface area contributed by atoms with Crippen molar-refractivity contribution in [1.82, 2.24) is 24.7 Å². The Balaban J connectivity index is 1.47. The number of likely N-dealkylation sites (tertiary alicyclic amines) is 2. The molecule has 2 saturated heterocycles. The maximum Gasteiger partial charge on any atom is 0.274 e. The molecule has 1 spiro atoms. The maximum absolute atomic E-state index is 12.9. The zero-order valence-electron chi connectivity index (χ0n) is 15.0. The molecule has 7 nitrogen and oxygen atoms in total. The molecule has 0 aliphatic carbocycles. The summed E-state index contributed by atoms with van der Waals surface area (Å²) >= 11 is 0. The standard InChI is InChI=1S/C18H27N5O2/c1-2-8-21-9-4-18(17(21)25)5-10-23(13-18)16(24)14-12-22-11-7-19-6-3-15(22)20-14/h12,19H,2-11,13H2,1H3. The van der Waals surface area contributed by atoms with Crippen LogP contribution in [-0.4, -0.2) is 70.4 Å². The van der Waals surface area contributed by atoms with Crippen LogP contribution in [0.3, 0.4) is 0 Å². The Morgan fingerprint density at radius 3 is 2.96 bits per heavy atom. The first kappa shape index (κ1) is 16.6. The number of carbonyl (C=O) groups is 2. The van der Waals surface area contributed by atoms with Gasteiger partial charge in [0.15, 0.2) is 0 Å². The third kappa shape index (κ3) is 2.84. The SMILES string of the molecule is CCCN1CCC2(CCN(C(=O)c3cn4c(n3)CCNCC4)C2)C1=O. The second-order valence-electron chi connectivity index (χ2n) is 7.54. The number of fused-ring (bicyclic) bond motifs is 1. The predicted octanol–water partition coefficient (Wildman–Crippen LogP) is 0.503. The van der Waals surface area contributed by atoms with Crippen LogP contribution < -0.4 is 5.32 Å². The lowest BCUT2D eigenvalue weighted by atomic mass is 9.85. The molecule has 1 aromatic rings. The molecule has 1 unspecified atom stereocenters. The van der Waals surface area contributed by atoms with E-state index >= 15 is 0 Å². The zero-order chi connectivity index (χ0) is 17.4. The number of nitrogens with zero attached hydrogens (tertiary/aromatic N) is 4. The lowest BCUT2D eigenvalue weighted by molar-refractivity contribution is -0.135. The molecule has 4 rings (SSSR count). The number of hydrogen-bond donors (Lipinski definition) is 1. The fraction of sp³-hybridized carbons (Fsp3) is 0.722. The van der Waals surface area contributed by atoms with Crippen molar-refractivity contribution >= 4 is 11.8 Å². The highest BCUT2D eigenvalue weighted by Gasteiger charge is 2.51. The van der Waals surface area contributed by atoms with Gasteiger partial charge in [-0.15, -0.1) is 0 Å². The number of amides is 2. The van der Waals surface area contributed by atoms with Gasteiger partial charge in [-0.3, -0.25) is 9.59 Å². The Morgan fingerprint density at radius 2 is 2.12 bits per heavy atom. The maximum atomic E-state index is 12.9. The normalized spacial score (nSPS) is 26.4. The molecule has 7 heteroatoms. The highest BCUT2D eigenvalue weighted by Crippen LogP contribution is 2.41. The van der Waals surface area contributed by atoms with Crippen LogP contribution in [0.1, 0.15) is 42.5 Å². The minimum Gasteiger partial charge on any atom is -0.342 e. The molecule has 0 radical (unpaired) electrons. The summed E-state index contributed by atoms with van der Waals surface area (Å²) in [6.45, 7) is 7.63. The predicted molar refractivity (Wildman–Crippen MR) is 93.2 cm³/mol. The molecule has 0 bridgehead atoms. The largest absolute Gasteiger partial charge is 0.342 e. The van der Waals surface area contributed by atoms with Gasteiger partial charge >= 0.3 is 0 Å². The van der Waals surface area contributed by atoms with Crippen molar-refractivity contribution < 1.29 is 9.59 Å². The Kier molecular flexibility index (Phi) is 4.27. The average Bonchev–Trinajstić information content (AvgIpc) is 3.26. The molecule has 4 heterocycles. The van der Waals surface area contributed by atoms with Gasteiger partial charge in [-0.2, -0.15) is 0 Å². The van der Waals surface area contributed by atoms with E-state index in [1.807, 2.05) is 16.0 Å². The summed E-state index contributed by atoms with van der Waals surface area (Å²) in [6, 6.07) is 0. The summed E-state index contributed by atoms with van der Waals surface area (Å²) in [5, 5.41) is 3.34. The second kappa shape index (κ2) is 6.44. The third-order valence-electron chi connectivity index (χ3n) is 5.87. The summed E-state index contributed by atoms with van der Waals surface area (Å²) in [7, 11) is 0. The highest BCUT2D eigenvalue weighted by atomic mass is 16.2. The summed E-state index contributed by atoms with van der Waals surface area (Å²) in [5.74, 6) is 1.21. The summed E-state index contributed by atoms with van der Waals surface area (Å²) in [4.78, 5) is 34.1. The number of carbonyl (C=O) groups excluding carboxylic acids is 2. The first-order valence-corrected chi connectivity index (χ1v) is 9.48. The number of nitrogens with one attached hydrogen (secondary N) is 1. The van der Waals surface area contributed by atoms with E-state index in [4.69, 9.17) is 0 Å². The van der Waals surface area contributed by atoms with E-state index < -0.39 is 0 Å². The van der Waals surface area contributed by atoms with E-state index in [0.29, 0.717) is 18.8 Å². The first-order valence-electron chi connectivity index (χ1n) is 9.48. The van der Waals surface area contributed by atoms with Gasteiger partial charge in [-0.05, 0) is 19.3 Å². The molecule has 2 fully saturated rings. The Labute approximate surface area is 148 Å². The van der Waals surface area contributed by atoms with Crippen molar-refractivity contribution in [3.05, 3.63) is 17.7 Å². The number of aromatic nitrogens is 2. The first-order chi connectivity index (χ1) is 12.1. The van der Waals surface area contributed by atoms with Crippen molar-refractivity contribution in [1.29, 1.82) is 0 Å². The molecule has 136 valence electrons. The number of hydrogen-bond acceptors (Lipinski definition) is 4. The molecule has 0 aromatic carbocycles. The topological polar surface area (TPSA) is 70.5 Å². The Hall–Kier alpha value is -1.89. The van der Waals surface area contributed by atoms with Gasteiger partial charge in [-0.25, -0.2) is 4.98 Å². The van der Waals surface area contributed by atoms with Crippen LogP contribution in [0.15, 0.2) is 6.20 Å². The van der Waals surface area contributed by atoms with Crippen LogP contribution in [0.25, 0.3) is 0 Å². The van der Waals surface area contributed by atoms with Gasteiger partial charge in [0.25, 0.3) is 5.91 Å². The van der Waals surface area contributed by atoms with Gasteiger partial charge in [0, 0.05) is 58.4 Å². The van der Waals surface area contributed by atoms with Gasteiger partial charge in [-0.1, -0.05) is 6.92 Å². The van der Waals surface area contributed by atoms with Crippen molar-refractivity contribution in [2.24, 2.45) is 5.41 Å². The molecule has 2 amide bonds. The van der Waals surface area contributed by atoms with Crippen LogP contribution in [0.5, 0.6) is 0 Å². The molecule has 1 atom stereocenters. The third-order valence-corrected chi connectivity index (χ3v) is 5.87. The van der Waals surface area contributed by atoms with E-state index in [2.05, 4.69) is 21.8 Å². The molecule has 1 aromatic heterocycles. The summed E-state index contributed by atoms with van der Waals surface area (Å²) in [6.07, 6.45) is 5.38. The van der Waals surface area contributed by atoms with Gasteiger partial charge in [0.05, 0.1) is 5.41 Å². The van der Waals surface area contributed by atoms with Crippen molar-refractivity contribution in [2.75, 3.05) is 39.3 Å². The summed E-state index contributed by atoms with van der Waals surface area (Å²) in [5.41, 5.74) is 0.191. The minimum atomic E-state index is -0.342. The molecule has 3 aliphatic rings. The fourth-order valence-corrected chi connectivity index (χ4v) is 4.44. The molecule has 1 N–H and O–H groups in total. The van der Waals surface area contributed by atoms with Crippen LogP contribution in [0.4, 0.5) is 0 Å². The van der Waals surface area contributed by atoms with Gasteiger partial charge < -0.3 is 19.7 Å². The van der Waals surface area contributed by atoms with Crippen LogP contribution in [0.2, 0.25) is 0 Å². The molecular weight excluding hydrogens is 318 g/mol. The van der Waals surface area contributed by atoms with Crippen molar-refractivity contribution in [3.8, 4) is 0 Å². The number of rotatable bonds is 3. The molecule has 0 saturated carbocycles. The van der Waals surface area contributed by atoms with Crippen molar-refractivity contribution in [2.45, 2.75) is 39.2 Å². The van der Waals surface area contributed by atoms with E-state index in [9.17, 15) is 9.59 Å². The minimum absolute atomic E-state index is 0.0212. The average molecular weight is 345 g/mol. The van der Waals surface area contributed by atoms with E-state index in [1.54, 1.807) is 0 Å². The van der Waals surface area contributed by atoms with E-state index in [-0.39, 0.29) is 17.2 Å². The summed E-state index contributed by atoms with van der Waals surface area (Å²) < 4.78 is 2.09. The van der Waals surface area contributed by atoms with Gasteiger partial charge in [0.2, 0.25) is 5.91 Å². The van der Waals surface area contributed by atoms with Gasteiger partial charge in [0.1, 0.15) is 11.5 Å². The Bertz CT molecular complexity index is 662. The van der Waals surface area contributed by atoms with Crippen LogP contribution in [-0.2, 0) is 17.8 Å². The lowest BCUT2D eigenvalue weighted by Crippen LogP contribution is -2.38. The monoisotopic (exact) mass is 345 g/mol. The van der Waals surface area contributed by atoms with E-state index in [0.717, 1.165) is 64.2 Å². The fourth-order valence-electron chi connectivity index (χ4n) is 4.44. The molecule has 25 heavy (non-hydrogen) atoms. The smallest absolute Gasteiger partial charge is 0.274 e. The molecular formula is C18H27N5O2. The Morgan fingerprint density at radius 1 is 1.28 bits per heavy atom. The quantitative estimate of drug-likeness (QED) is 0.866. The van der Waals surface area contributed by atoms with Crippen molar-refractivity contribution in [3.63, 3.8) is 0 Å².